The van der Waals surface area contributed by atoms with E-state index >= 15 is 0 Å². The average Bonchev–Trinajstić information content (AvgIpc) is 3.53. The van der Waals surface area contributed by atoms with Gasteiger partial charge in [-0.25, -0.2) is 14.4 Å². The van der Waals surface area contributed by atoms with Gasteiger partial charge >= 0.3 is 0 Å². The highest BCUT2D eigenvalue weighted by molar-refractivity contribution is 6.06. The third kappa shape index (κ3) is 4.29. The van der Waals surface area contributed by atoms with Gasteiger partial charge in [-0.15, -0.1) is 0 Å². The normalized spacial score (nSPS) is 21.4. The molecule has 7 rings (SSSR count). The number of carbonyl (C=O) groups excluding carboxylic acids is 1. The molecule has 200 valence electrons. The summed E-state index contributed by atoms with van der Waals surface area (Å²) >= 11 is 0. The van der Waals surface area contributed by atoms with Crippen LogP contribution in [0.15, 0.2) is 55.0 Å². The van der Waals surface area contributed by atoms with Crippen molar-refractivity contribution >= 4 is 28.7 Å². The van der Waals surface area contributed by atoms with Crippen LogP contribution < -0.4 is 15.5 Å². The molecule has 2 saturated heterocycles. The lowest BCUT2D eigenvalue weighted by atomic mass is 9.90. The molecule has 1 amide bonds. The Kier molecular flexibility index (Phi) is 5.75. The van der Waals surface area contributed by atoms with Crippen molar-refractivity contribution in [3.63, 3.8) is 0 Å². The van der Waals surface area contributed by atoms with Crippen LogP contribution in [-0.4, -0.2) is 70.6 Å². The Balaban J connectivity index is 1.14. The molecule has 10 heteroatoms. The molecule has 0 bridgehead atoms. The number of anilines is 3. The van der Waals surface area contributed by atoms with E-state index in [4.69, 9.17) is 4.74 Å². The number of amides is 1. The molecule has 2 fully saturated rings. The summed E-state index contributed by atoms with van der Waals surface area (Å²) < 4.78 is 21.8. The number of nitrogens with one attached hydrogen (secondary N) is 2. The van der Waals surface area contributed by atoms with E-state index in [-0.39, 0.29) is 17.3 Å². The Morgan fingerprint density at radius 3 is 2.87 bits per heavy atom. The van der Waals surface area contributed by atoms with Crippen LogP contribution in [0.25, 0.3) is 16.9 Å². The number of rotatable bonds is 4. The number of imidazole rings is 1. The van der Waals surface area contributed by atoms with E-state index in [1.807, 2.05) is 28.8 Å². The van der Waals surface area contributed by atoms with Crippen molar-refractivity contribution in [3.05, 3.63) is 71.9 Å². The third-order valence-electron chi connectivity index (χ3n) is 8.07. The van der Waals surface area contributed by atoms with Crippen molar-refractivity contribution < 1.29 is 13.9 Å². The quantitative estimate of drug-likeness (QED) is 0.417. The van der Waals surface area contributed by atoms with Gasteiger partial charge in [-0.1, -0.05) is 6.07 Å². The molecule has 0 saturated carbocycles. The van der Waals surface area contributed by atoms with Gasteiger partial charge in [-0.2, -0.15) is 0 Å². The van der Waals surface area contributed by atoms with Gasteiger partial charge in [0, 0.05) is 50.6 Å². The maximum Gasteiger partial charge on any atom is 0.254 e. The molecule has 4 aromatic rings. The maximum absolute atomic E-state index is 13.7. The molecule has 3 aromatic heterocycles. The highest BCUT2D eigenvalue weighted by atomic mass is 19.1. The van der Waals surface area contributed by atoms with Crippen LogP contribution in [0.4, 0.5) is 21.6 Å². The van der Waals surface area contributed by atoms with Crippen LogP contribution in [0.1, 0.15) is 28.8 Å². The first-order valence-electron chi connectivity index (χ1n) is 13.4. The first-order valence-corrected chi connectivity index (χ1v) is 13.4. The number of hydrogen-bond acceptors (Lipinski definition) is 7. The van der Waals surface area contributed by atoms with Gasteiger partial charge in [0.2, 0.25) is 0 Å². The minimum atomic E-state index is -0.338. The van der Waals surface area contributed by atoms with Crippen LogP contribution in [0.3, 0.4) is 0 Å². The second kappa shape index (κ2) is 9.32. The Labute approximate surface area is 225 Å². The molecule has 9 nitrogen and oxygen atoms in total. The predicted molar refractivity (Wildman–Crippen MR) is 147 cm³/mol. The molecule has 1 spiro atoms. The topological polar surface area (TPSA) is 87.0 Å². The number of likely N-dealkylation sites (N-methyl/N-ethyl adjacent to an activating group) is 1. The maximum atomic E-state index is 13.7. The van der Waals surface area contributed by atoms with Crippen LogP contribution in [0.5, 0.6) is 0 Å². The number of fused-ring (bicyclic) bond motifs is 2. The molecule has 6 heterocycles. The number of benzene rings is 1. The van der Waals surface area contributed by atoms with Gasteiger partial charge < -0.3 is 25.2 Å². The van der Waals surface area contributed by atoms with Crippen LogP contribution in [0, 0.1) is 5.82 Å². The number of carbonyl (C=O) groups is 1. The monoisotopic (exact) mass is 527 g/mol. The van der Waals surface area contributed by atoms with Crippen LogP contribution in [-0.2, 0) is 11.3 Å². The second-order valence-corrected chi connectivity index (χ2v) is 10.7. The number of halogens is 1. The molecule has 1 atom stereocenters. The minimum Gasteiger partial charge on any atom is -0.370 e. The highest BCUT2D eigenvalue weighted by Gasteiger charge is 2.39. The smallest absolute Gasteiger partial charge is 0.254 e. The van der Waals surface area contributed by atoms with Gasteiger partial charge in [-0.3, -0.25) is 9.20 Å². The average molecular weight is 528 g/mol. The largest absolute Gasteiger partial charge is 0.370 e. The number of morpholine rings is 1. The lowest BCUT2D eigenvalue weighted by Gasteiger charge is -2.47. The van der Waals surface area contributed by atoms with E-state index in [0.717, 1.165) is 68.1 Å². The van der Waals surface area contributed by atoms with E-state index in [1.54, 1.807) is 12.4 Å². The number of pyridine rings is 2. The first-order chi connectivity index (χ1) is 19.0. The molecule has 3 aliphatic heterocycles. The lowest BCUT2D eigenvalue weighted by molar-refractivity contribution is -0.108. The van der Waals surface area contributed by atoms with Gasteiger partial charge in [0.1, 0.15) is 17.3 Å². The number of nitrogens with zero attached hydrogens (tertiary/aromatic N) is 5. The van der Waals surface area contributed by atoms with Crippen molar-refractivity contribution in [2.24, 2.45) is 0 Å². The summed E-state index contributed by atoms with van der Waals surface area (Å²) in [6.45, 7) is 4.95. The Morgan fingerprint density at radius 1 is 1.10 bits per heavy atom. The summed E-state index contributed by atoms with van der Waals surface area (Å²) in [6, 6.07) is 10.7. The molecule has 3 aliphatic rings. The van der Waals surface area contributed by atoms with Gasteiger partial charge in [-0.05, 0) is 49.7 Å². The third-order valence-corrected chi connectivity index (χ3v) is 8.07. The molecule has 0 radical (unpaired) electrons. The molecule has 39 heavy (non-hydrogen) atoms. The number of aromatic nitrogens is 3. The fourth-order valence-electron chi connectivity index (χ4n) is 6.23. The molecule has 2 N–H and O–H groups in total. The Bertz CT molecular complexity index is 1570. The lowest BCUT2D eigenvalue weighted by Crippen LogP contribution is -2.59. The first kappa shape index (κ1) is 24.1. The molecule has 1 aromatic carbocycles. The predicted octanol–water partition coefficient (Wildman–Crippen LogP) is 3.82. The van der Waals surface area contributed by atoms with E-state index in [9.17, 15) is 9.18 Å². The fraction of sp³-hybridized carbons (Fsp3) is 0.345. The number of hydrogen-bond donors (Lipinski definition) is 2. The SMILES string of the molecule is CN1CCOC2(CCCN(c3ccc(Nc4ccc(-c5cnc6cc(F)ccn56)c5c4C(=O)NC5)nc3)C2)C1. The van der Waals surface area contributed by atoms with Crippen LogP contribution in [0.2, 0.25) is 0 Å². The van der Waals surface area contributed by atoms with Crippen molar-refractivity contribution in [1.82, 2.24) is 24.6 Å². The van der Waals surface area contributed by atoms with Crippen molar-refractivity contribution in [3.8, 4) is 11.3 Å². The Hall–Kier alpha value is -4.02. The summed E-state index contributed by atoms with van der Waals surface area (Å²) in [4.78, 5) is 26.6. The van der Waals surface area contributed by atoms with Gasteiger partial charge in [0.25, 0.3) is 5.91 Å². The van der Waals surface area contributed by atoms with E-state index in [1.165, 1.54) is 12.1 Å². The summed E-state index contributed by atoms with van der Waals surface area (Å²) in [5, 5.41) is 6.29. The summed E-state index contributed by atoms with van der Waals surface area (Å²) in [5.74, 6) is 0.190. The van der Waals surface area contributed by atoms with E-state index < -0.39 is 0 Å². The standard InChI is InChI=1S/C29H30FN7O2/c1-35-11-12-39-29(17-35)8-2-9-36(18-29)20-3-6-25(31-14-20)34-23-5-4-21(22-15-33-28(38)27(22)23)24-16-32-26-13-19(30)7-10-37(24)26/h3-7,10,13-14,16H,2,8-9,11-12,15,17-18H2,1H3,(H,31,34)(H,33,38). The van der Waals surface area contributed by atoms with Gasteiger partial charge in [0.05, 0.1) is 47.2 Å². The highest BCUT2D eigenvalue weighted by Crippen LogP contribution is 2.36. The Morgan fingerprint density at radius 2 is 2.03 bits per heavy atom. The van der Waals surface area contributed by atoms with E-state index in [0.29, 0.717) is 29.3 Å². The second-order valence-electron chi connectivity index (χ2n) is 10.7. The summed E-state index contributed by atoms with van der Waals surface area (Å²) in [6.07, 6.45) is 7.42. The molecule has 0 aliphatic carbocycles. The number of ether oxygens (including phenoxy) is 1. The fourth-order valence-corrected chi connectivity index (χ4v) is 6.23. The molecular weight excluding hydrogens is 497 g/mol. The van der Waals surface area contributed by atoms with Crippen LogP contribution >= 0.6 is 0 Å². The summed E-state index contributed by atoms with van der Waals surface area (Å²) in [5.41, 5.74) is 5.32. The minimum absolute atomic E-state index is 0.118. The van der Waals surface area contributed by atoms with Crippen molar-refractivity contribution in [2.45, 2.75) is 25.0 Å². The molecule has 1 unspecified atom stereocenters. The van der Waals surface area contributed by atoms with Crippen molar-refractivity contribution in [1.29, 1.82) is 0 Å². The zero-order valence-electron chi connectivity index (χ0n) is 21.8. The number of piperidine rings is 1. The van der Waals surface area contributed by atoms with Crippen molar-refractivity contribution in [2.75, 3.05) is 50.1 Å². The van der Waals surface area contributed by atoms with Gasteiger partial charge in [0.15, 0.2) is 0 Å². The summed E-state index contributed by atoms with van der Waals surface area (Å²) in [7, 11) is 2.16. The molecular formula is C29H30FN7O2. The zero-order valence-corrected chi connectivity index (χ0v) is 21.8. The van der Waals surface area contributed by atoms with E-state index in [2.05, 4.69) is 43.5 Å². The zero-order chi connectivity index (χ0) is 26.6.